The lowest BCUT2D eigenvalue weighted by atomic mass is 10.0. The van der Waals surface area contributed by atoms with Gasteiger partial charge in [-0.2, -0.15) is 0 Å². The molecule has 0 amide bonds. The highest BCUT2D eigenvalue weighted by molar-refractivity contribution is 7.47. The van der Waals surface area contributed by atoms with Crippen LogP contribution in [0.3, 0.4) is 0 Å². The summed E-state index contributed by atoms with van der Waals surface area (Å²) in [5.41, 5.74) is 0. The van der Waals surface area contributed by atoms with Crippen molar-refractivity contribution in [3.63, 3.8) is 0 Å². The summed E-state index contributed by atoms with van der Waals surface area (Å²) in [5, 5.41) is 10.7. The van der Waals surface area contributed by atoms with Gasteiger partial charge in [-0.15, -0.1) is 0 Å². The molecular weight excluding hydrogens is 1380 g/mol. The van der Waals surface area contributed by atoms with Gasteiger partial charge in [-0.05, 0) is 116 Å². The maximum Gasteiger partial charge on any atom is 0.472 e. The van der Waals surface area contributed by atoms with Gasteiger partial charge >= 0.3 is 39.5 Å². The van der Waals surface area contributed by atoms with Crippen LogP contribution in [-0.2, 0) is 65.4 Å². The van der Waals surface area contributed by atoms with E-state index in [9.17, 15) is 43.2 Å². The number of allylic oxidation sites excluding steroid dienone is 20. The average Bonchev–Trinajstić information content (AvgIpc) is 0.937. The molecule has 0 aliphatic carbocycles. The lowest BCUT2D eigenvalue weighted by Gasteiger charge is -2.21. The summed E-state index contributed by atoms with van der Waals surface area (Å²) in [4.78, 5) is 73.1. The van der Waals surface area contributed by atoms with Crippen molar-refractivity contribution >= 4 is 39.5 Å². The van der Waals surface area contributed by atoms with Gasteiger partial charge in [0, 0.05) is 25.7 Å². The summed E-state index contributed by atoms with van der Waals surface area (Å²) in [5.74, 6) is -2.23. The van der Waals surface area contributed by atoms with Gasteiger partial charge in [0.05, 0.1) is 26.4 Å². The van der Waals surface area contributed by atoms with E-state index in [0.717, 1.165) is 141 Å². The molecule has 610 valence electrons. The van der Waals surface area contributed by atoms with E-state index in [0.29, 0.717) is 25.7 Å². The number of ether oxygens (including phenoxy) is 4. The molecule has 0 rings (SSSR count). The van der Waals surface area contributed by atoms with Gasteiger partial charge in [-0.1, -0.05) is 329 Å². The number of carbonyl (C=O) groups is 4. The Balaban J connectivity index is 5.42. The van der Waals surface area contributed by atoms with E-state index in [2.05, 4.69) is 149 Å². The van der Waals surface area contributed by atoms with E-state index in [4.69, 9.17) is 37.0 Å². The Morgan fingerprint density at radius 3 is 0.755 bits per heavy atom. The first-order chi connectivity index (χ1) is 51.7. The zero-order valence-corrected chi connectivity index (χ0v) is 68.6. The highest BCUT2D eigenvalue weighted by atomic mass is 31.2. The Labute approximate surface area is 644 Å². The van der Waals surface area contributed by atoms with Gasteiger partial charge < -0.3 is 33.8 Å². The minimum Gasteiger partial charge on any atom is -0.462 e. The molecule has 5 atom stereocenters. The van der Waals surface area contributed by atoms with Crippen molar-refractivity contribution in [2.75, 3.05) is 39.6 Å². The van der Waals surface area contributed by atoms with Crippen LogP contribution in [0.1, 0.15) is 349 Å². The third kappa shape index (κ3) is 77.6. The van der Waals surface area contributed by atoms with Gasteiger partial charge in [0.2, 0.25) is 0 Å². The molecule has 0 heterocycles. The molecule has 0 aliphatic heterocycles. The van der Waals surface area contributed by atoms with Crippen molar-refractivity contribution in [3.8, 4) is 0 Å². The minimum atomic E-state index is -4.99. The molecule has 3 N–H and O–H groups in total. The number of unbranched alkanes of at least 4 members (excludes halogenated alkanes) is 32. The second-order valence-corrected chi connectivity index (χ2v) is 30.6. The van der Waals surface area contributed by atoms with Crippen molar-refractivity contribution in [2.24, 2.45) is 0 Å². The lowest BCUT2D eigenvalue weighted by Crippen LogP contribution is -2.30. The van der Waals surface area contributed by atoms with Crippen molar-refractivity contribution < 1.29 is 80.2 Å². The van der Waals surface area contributed by atoms with Crippen LogP contribution in [0.5, 0.6) is 0 Å². The number of hydrogen-bond acceptors (Lipinski definition) is 15. The first kappa shape index (κ1) is 101. The smallest absolute Gasteiger partial charge is 0.462 e. The van der Waals surface area contributed by atoms with E-state index in [1.54, 1.807) is 0 Å². The molecule has 0 aliphatic rings. The van der Waals surface area contributed by atoms with Crippen LogP contribution in [0, 0.1) is 0 Å². The molecule has 0 aromatic heterocycles. The van der Waals surface area contributed by atoms with Crippen LogP contribution < -0.4 is 0 Å². The first-order valence-corrected chi connectivity index (χ1v) is 44.8. The van der Waals surface area contributed by atoms with Crippen LogP contribution >= 0.6 is 15.6 Å². The topological polar surface area (TPSA) is 237 Å². The summed E-state index contributed by atoms with van der Waals surface area (Å²) >= 11 is 0. The molecule has 0 saturated carbocycles. The van der Waals surface area contributed by atoms with E-state index >= 15 is 0 Å². The summed E-state index contributed by atoms with van der Waals surface area (Å²) < 4.78 is 68.7. The summed E-state index contributed by atoms with van der Waals surface area (Å²) in [7, 11) is -9.98. The number of esters is 4. The molecule has 2 unspecified atom stereocenters. The van der Waals surface area contributed by atoms with Crippen LogP contribution in [0.15, 0.2) is 122 Å². The van der Waals surface area contributed by atoms with Crippen LogP contribution in [-0.4, -0.2) is 96.7 Å². The standard InChI is InChI=1S/C87H150O17P2/c1-5-9-13-17-21-25-29-33-36-38-40-42-45-49-53-57-61-65-69-73-86(91)103-82(77-97-84(89)71-67-63-59-55-51-47-32-28-24-20-16-12-8-4)79-101-105(93,94)99-75-81(88)76-100-106(95,96)102-80-83(78-98-85(90)72-68-64-60-56-52-48-44-35-31-27-23-19-15-11-7-3)104-87(92)74-70-66-62-58-54-50-46-43-41-39-37-34-30-26-22-18-14-10-6-2/h9-10,13-14,21-22,25-26,33-34,36-37,40-43,49-50,53-54,81-83,88H,5-8,11-12,15-20,23-24,27-32,35,38-39,44-48,51-52,55-80H2,1-4H3,(H,93,94)(H,95,96)/b13-9-,14-10-,25-21-,26-22-,36-33-,37-34-,42-40-,43-41-,53-49-,54-50-/t81-,82+,83+/m0/s1. The molecular formula is C87H150O17P2. The Bertz CT molecular complexity index is 2480. The summed E-state index contributed by atoms with van der Waals surface area (Å²) in [6, 6.07) is 0. The van der Waals surface area contributed by atoms with Crippen LogP contribution in [0.2, 0.25) is 0 Å². The Morgan fingerprint density at radius 2 is 0.491 bits per heavy atom. The molecule has 0 spiro atoms. The maximum atomic E-state index is 13.1. The highest BCUT2D eigenvalue weighted by Crippen LogP contribution is 2.45. The molecule has 106 heavy (non-hydrogen) atoms. The Morgan fingerprint density at radius 1 is 0.274 bits per heavy atom. The molecule has 19 heteroatoms. The van der Waals surface area contributed by atoms with Gasteiger partial charge in [0.1, 0.15) is 19.3 Å². The number of phosphoric acid groups is 2. The quantitative estimate of drug-likeness (QED) is 0.0169. The predicted octanol–water partition coefficient (Wildman–Crippen LogP) is 24.7. The second-order valence-electron chi connectivity index (χ2n) is 27.7. The van der Waals surface area contributed by atoms with Crippen molar-refractivity contribution in [1.82, 2.24) is 0 Å². The molecule has 0 saturated heterocycles. The van der Waals surface area contributed by atoms with Crippen molar-refractivity contribution in [2.45, 2.75) is 367 Å². The number of aliphatic hydroxyl groups excluding tert-OH is 1. The molecule has 0 fully saturated rings. The second kappa shape index (κ2) is 78.6. The highest BCUT2D eigenvalue weighted by Gasteiger charge is 2.30. The fourth-order valence-corrected chi connectivity index (χ4v) is 12.7. The molecule has 0 bridgehead atoms. The summed E-state index contributed by atoms with van der Waals surface area (Å²) in [6.45, 7) is 4.62. The largest absolute Gasteiger partial charge is 0.472 e. The fraction of sp³-hybridized carbons (Fsp3) is 0.724. The van der Waals surface area contributed by atoms with Gasteiger partial charge in [-0.3, -0.25) is 37.3 Å². The molecule has 0 radical (unpaired) electrons. The van der Waals surface area contributed by atoms with Gasteiger partial charge in [-0.25, -0.2) is 9.13 Å². The molecule has 0 aromatic rings. The van der Waals surface area contributed by atoms with Gasteiger partial charge in [0.15, 0.2) is 12.2 Å². The van der Waals surface area contributed by atoms with E-state index in [1.165, 1.54) is 128 Å². The van der Waals surface area contributed by atoms with Crippen molar-refractivity contribution in [3.05, 3.63) is 122 Å². The monoisotopic (exact) mass is 1530 g/mol. The Hall–Kier alpha value is -4.54. The molecule has 0 aromatic carbocycles. The minimum absolute atomic E-state index is 0.0553. The number of aliphatic hydroxyl groups is 1. The lowest BCUT2D eigenvalue weighted by molar-refractivity contribution is -0.161. The fourth-order valence-electron chi connectivity index (χ4n) is 11.2. The zero-order valence-electron chi connectivity index (χ0n) is 66.8. The van der Waals surface area contributed by atoms with Crippen LogP contribution in [0.25, 0.3) is 0 Å². The number of carbonyl (C=O) groups excluding carboxylic acids is 4. The van der Waals surface area contributed by atoms with E-state index in [-0.39, 0.29) is 25.7 Å². The SMILES string of the molecule is CC/C=C\C/C=C\C/C=C\C/C=C\C/C=C\CCCCCC(=O)O[C@H](COC(=O)CCCCCCCCCCCCCCC)COP(=O)(O)OC[C@H](O)COP(=O)(O)OC[C@@H](COC(=O)CCCCCCCCCCCCCCCCC)OC(=O)CCCCC/C=C\C/C=C\C/C=C\C/C=C\C/C=C\CC. The first-order valence-electron chi connectivity index (χ1n) is 41.8. The number of rotatable bonds is 78. The Kier molecular flexibility index (Phi) is 75.2. The maximum absolute atomic E-state index is 13.1. The number of phosphoric ester groups is 2. The molecule has 17 nitrogen and oxygen atoms in total. The average molecular weight is 1530 g/mol. The zero-order chi connectivity index (χ0) is 77.4. The predicted molar refractivity (Wildman–Crippen MR) is 436 cm³/mol. The van der Waals surface area contributed by atoms with Gasteiger partial charge in [0.25, 0.3) is 0 Å². The normalized spacial score (nSPS) is 14.4. The third-order valence-electron chi connectivity index (χ3n) is 17.5. The number of hydrogen-bond donors (Lipinski definition) is 3. The van der Waals surface area contributed by atoms with Crippen molar-refractivity contribution in [1.29, 1.82) is 0 Å². The van der Waals surface area contributed by atoms with E-state index < -0.39 is 97.5 Å². The third-order valence-corrected chi connectivity index (χ3v) is 19.4. The van der Waals surface area contributed by atoms with Crippen LogP contribution in [0.4, 0.5) is 0 Å². The summed E-state index contributed by atoms with van der Waals surface area (Å²) in [6.07, 6.45) is 87.4. The van der Waals surface area contributed by atoms with E-state index in [1.807, 2.05) is 0 Å².